The van der Waals surface area contributed by atoms with Gasteiger partial charge in [0.05, 0.1) is 17.9 Å². The first-order chi connectivity index (χ1) is 22.0. The molecule has 242 valence electrons. The molecule has 0 spiro atoms. The summed E-state index contributed by atoms with van der Waals surface area (Å²) in [7, 11) is 3.90. The second-order valence-corrected chi connectivity index (χ2v) is 13.6. The Kier molecular flexibility index (Phi) is 8.86. The third-order valence-electron chi connectivity index (χ3n) is 8.91. The summed E-state index contributed by atoms with van der Waals surface area (Å²) in [6, 6.07) is 14.4. The van der Waals surface area contributed by atoms with Crippen molar-refractivity contribution in [2.75, 3.05) is 44.7 Å². The molecule has 3 atom stereocenters. The van der Waals surface area contributed by atoms with E-state index < -0.39 is 11.6 Å². The van der Waals surface area contributed by atoms with E-state index in [0.717, 1.165) is 45.3 Å². The summed E-state index contributed by atoms with van der Waals surface area (Å²) >= 11 is 0. The number of aryl methyl sites for hydroxylation is 1. The van der Waals surface area contributed by atoms with E-state index in [9.17, 15) is 14.4 Å². The van der Waals surface area contributed by atoms with Crippen LogP contribution in [-0.2, 0) is 18.3 Å². The van der Waals surface area contributed by atoms with Crippen LogP contribution in [0.1, 0.15) is 44.7 Å². The van der Waals surface area contributed by atoms with Gasteiger partial charge in [-0.2, -0.15) is 15.2 Å². The lowest BCUT2D eigenvalue weighted by Crippen LogP contribution is -2.51. The number of hydrogen-bond acceptors (Lipinski definition) is 9. The minimum Gasteiger partial charge on any atom is -0.462 e. The zero-order chi connectivity index (χ0) is 32.6. The predicted octanol–water partition coefficient (Wildman–Crippen LogP) is 4.78. The Balaban J connectivity index is 1.41. The quantitative estimate of drug-likeness (QED) is 0.218. The Morgan fingerprint density at radius 1 is 1.15 bits per heavy atom. The molecule has 0 saturated carbocycles. The van der Waals surface area contributed by atoms with Gasteiger partial charge in [-0.25, -0.2) is 4.39 Å². The summed E-state index contributed by atoms with van der Waals surface area (Å²) in [5, 5.41) is 14.8. The highest BCUT2D eigenvalue weighted by Gasteiger charge is 2.31. The number of rotatable bonds is 8. The highest BCUT2D eigenvalue weighted by Crippen LogP contribution is 2.34. The summed E-state index contributed by atoms with van der Waals surface area (Å²) in [6.45, 7) is 8.26. The van der Waals surface area contributed by atoms with Crippen molar-refractivity contribution in [1.82, 2.24) is 24.8 Å². The van der Waals surface area contributed by atoms with E-state index in [1.54, 1.807) is 0 Å². The molecule has 0 bridgehead atoms. The first kappa shape index (κ1) is 31.7. The molecule has 6 rings (SSSR count). The molecule has 2 fully saturated rings. The van der Waals surface area contributed by atoms with Crippen molar-refractivity contribution in [3.05, 3.63) is 53.7 Å². The van der Waals surface area contributed by atoms with Gasteiger partial charge in [0.25, 0.3) is 0 Å². The van der Waals surface area contributed by atoms with Crippen LogP contribution in [0.3, 0.4) is 0 Å². The highest BCUT2D eigenvalue weighted by molar-refractivity contribution is 5.92. The van der Waals surface area contributed by atoms with Gasteiger partial charge in [0.15, 0.2) is 5.82 Å². The van der Waals surface area contributed by atoms with Crippen molar-refractivity contribution >= 4 is 33.6 Å². The molecule has 0 amide bonds. The molecule has 0 radical (unpaired) electrons. The number of anilines is 1. The Morgan fingerprint density at radius 2 is 1.96 bits per heavy atom. The van der Waals surface area contributed by atoms with Crippen LogP contribution in [-0.4, -0.2) is 83.5 Å². The van der Waals surface area contributed by atoms with Gasteiger partial charge in [0.2, 0.25) is 0 Å². The van der Waals surface area contributed by atoms with E-state index in [-0.39, 0.29) is 30.7 Å². The maximum absolute atomic E-state index is 14.1. The van der Waals surface area contributed by atoms with Crippen molar-refractivity contribution < 1.29 is 18.7 Å². The SMILES string of the molecule is CN1C[C@H](F)C[C@H]1COc1nc(N2CCNC(CC#N)C2)c2c(n1)c(Cc1cc(OC(=O)C(C)(C)C)cc3ccccc13)cn2C. The lowest BCUT2D eigenvalue weighted by Gasteiger charge is -2.34. The van der Waals surface area contributed by atoms with Gasteiger partial charge in [-0.3, -0.25) is 9.69 Å². The number of benzene rings is 2. The number of carbonyl (C=O) groups excluding carboxylic acids is 1. The molecule has 4 heterocycles. The maximum atomic E-state index is 14.1. The Bertz CT molecular complexity index is 1790. The number of fused-ring (bicyclic) bond motifs is 2. The van der Waals surface area contributed by atoms with Crippen molar-refractivity contribution in [2.45, 2.75) is 58.3 Å². The number of halogens is 1. The van der Waals surface area contributed by atoms with Crippen LogP contribution < -0.4 is 19.7 Å². The van der Waals surface area contributed by atoms with E-state index in [0.29, 0.717) is 44.6 Å². The van der Waals surface area contributed by atoms with Gasteiger partial charge < -0.3 is 24.3 Å². The van der Waals surface area contributed by atoms with Crippen LogP contribution in [0.4, 0.5) is 10.2 Å². The van der Waals surface area contributed by atoms with E-state index in [4.69, 9.17) is 19.4 Å². The van der Waals surface area contributed by atoms with Crippen LogP contribution in [0.15, 0.2) is 42.6 Å². The fourth-order valence-corrected chi connectivity index (χ4v) is 6.42. The van der Waals surface area contributed by atoms with Crippen LogP contribution in [0, 0.1) is 16.7 Å². The zero-order valence-corrected chi connectivity index (χ0v) is 27.2. The molecular weight excluding hydrogens is 585 g/mol. The Hall–Kier alpha value is -4.27. The van der Waals surface area contributed by atoms with Crippen LogP contribution in [0.5, 0.6) is 11.8 Å². The third-order valence-corrected chi connectivity index (χ3v) is 8.91. The molecular formula is C35H42FN7O3. The van der Waals surface area contributed by atoms with Gasteiger partial charge >= 0.3 is 12.0 Å². The van der Waals surface area contributed by atoms with Gasteiger partial charge in [0.1, 0.15) is 29.6 Å². The summed E-state index contributed by atoms with van der Waals surface area (Å²) < 4.78 is 28.2. The molecule has 2 aromatic carbocycles. The molecule has 2 aliphatic heterocycles. The summed E-state index contributed by atoms with van der Waals surface area (Å²) in [5.74, 6) is 0.958. The van der Waals surface area contributed by atoms with Crippen molar-refractivity contribution in [3.8, 4) is 17.8 Å². The van der Waals surface area contributed by atoms with Gasteiger partial charge in [-0.1, -0.05) is 24.3 Å². The summed E-state index contributed by atoms with van der Waals surface area (Å²) in [5.41, 5.74) is 2.98. The summed E-state index contributed by atoms with van der Waals surface area (Å²) in [6.07, 6.45) is 2.54. The lowest BCUT2D eigenvalue weighted by atomic mass is 9.97. The molecule has 11 heteroatoms. The monoisotopic (exact) mass is 627 g/mol. The standard InChI is InChI=1S/C35H42FN7O3/c1-35(2,3)33(44)46-28-15-22-8-6-7-9-29(22)23(16-28)14-24-18-42(5)31-30(24)39-34(45-21-27-17-25(36)19-41(27)4)40-32(31)43-13-12-38-26(20-43)10-11-37/h6-9,15-16,18,25-27,38H,10,12-14,17,19-21H2,1-5H3/t25-,26?,27+/m1/s1. The number of ether oxygens (including phenoxy) is 2. The van der Waals surface area contributed by atoms with Crippen LogP contribution in [0.25, 0.3) is 21.8 Å². The average molecular weight is 628 g/mol. The van der Waals surface area contributed by atoms with Crippen molar-refractivity contribution in [2.24, 2.45) is 12.5 Å². The summed E-state index contributed by atoms with van der Waals surface area (Å²) in [4.78, 5) is 26.8. The lowest BCUT2D eigenvalue weighted by molar-refractivity contribution is -0.142. The number of likely N-dealkylation sites (tertiary alicyclic amines) is 1. The first-order valence-corrected chi connectivity index (χ1v) is 15.9. The van der Waals surface area contributed by atoms with Gasteiger partial charge in [-0.05, 0) is 62.7 Å². The number of nitrogens with one attached hydrogen (secondary N) is 1. The third kappa shape index (κ3) is 6.64. The number of hydrogen-bond donors (Lipinski definition) is 1. The number of nitriles is 1. The molecule has 2 saturated heterocycles. The molecule has 2 aromatic heterocycles. The fourth-order valence-electron chi connectivity index (χ4n) is 6.42. The van der Waals surface area contributed by atoms with Crippen molar-refractivity contribution in [3.63, 3.8) is 0 Å². The van der Waals surface area contributed by atoms with Gasteiger partial charge in [0, 0.05) is 63.5 Å². The van der Waals surface area contributed by atoms with Crippen molar-refractivity contribution in [1.29, 1.82) is 5.26 Å². The van der Waals surface area contributed by atoms with E-state index in [1.165, 1.54) is 0 Å². The number of nitrogens with zero attached hydrogens (tertiary/aromatic N) is 6. The maximum Gasteiger partial charge on any atom is 0.319 e. The topological polar surface area (TPSA) is 109 Å². The van der Waals surface area contributed by atoms with E-state index >= 15 is 0 Å². The number of piperazine rings is 1. The smallest absolute Gasteiger partial charge is 0.319 e. The number of carbonyl (C=O) groups is 1. The largest absolute Gasteiger partial charge is 0.462 e. The van der Waals surface area contributed by atoms with Crippen LogP contribution in [0.2, 0.25) is 0 Å². The molecule has 4 aromatic rings. The molecule has 0 aliphatic carbocycles. The second-order valence-electron chi connectivity index (χ2n) is 13.6. The molecule has 1 N–H and O–H groups in total. The van der Waals surface area contributed by atoms with Gasteiger partial charge in [-0.15, -0.1) is 0 Å². The molecule has 46 heavy (non-hydrogen) atoms. The van der Waals surface area contributed by atoms with E-state index in [1.807, 2.05) is 70.1 Å². The highest BCUT2D eigenvalue weighted by atomic mass is 19.1. The number of alkyl halides is 1. The minimum atomic E-state index is -0.871. The number of esters is 1. The number of likely N-dealkylation sites (N-methyl/N-ethyl adjacent to an activating group) is 1. The molecule has 10 nitrogen and oxygen atoms in total. The number of aromatic nitrogens is 3. The predicted molar refractivity (Wildman–Crippen MR) is 176 cm³/mol. The van der Waals surface area contributed by atoms with E-state index in [2.05, 4.69) is 33.1 Å². The molecule has 2 aliphatic rings. The zero-order valence-electron chi connectivity index (χ0n) is 27.2. The average Bonchev–Trinajstić information content (AvgIpc) is 3.51. The first-order valence-electron chi connectivity index (χ1n) is 15.9. The normalized spacial score (nSPS) is 20.7. The fraction of sp³-hybridized carbons (Fsp3) is 0.486. The second kappa shape index (κ2) is 12.9. The Labute approximate surface area is 269 Å². The molecule has 1 unspecified atom stereocenters. The van der Waals surface area contributed by atoms with Crippen LogP contribution >= 0.6 is 0 Å². The minimum absolute atomic E-state index is 0.0198. The Morgan fingerprint density at radius 3 is 2.70 bits per heavy atom.